The minimum atomic E-state index is 0.00759. The molecule has 1 saturated heterocycles. The molecule has 0 bridgehead atoms. The SMILES string of the molecule is Cn1ncc2cc(C(=O)N3CCC(Oc4ccc(Cl)cc4)CC3)cnc21. The second kappa shape index (κ2) is 6.96. The number of ether oxygens (including phenoxy) is 1. The van der Waals surface area contributed by atoms with Gasteiger partial charge < -0.3 is 9.64 Å². The molecular weight excluding hydrogens is 352 g/mol. The van der Waals surface area contributed by atoms with E-state index < -0.39 is 0 Å². The molecule has 3 heterocycles. The van der Waals surface area contributed by atoms with Gasteiger partial charge >= 0.3 is 0 Å². The number of nitrogens with zero attached hydrogens (tertiary/aromatic N) is 4. The molecule has 3 aromatic rings. The smallest absolute Gasteiger partial charge is 0.255 e. The Morgan fingerprint density at radius 1 is 1.19 bits per heavy atom. The van der Waals surface area contributed by atoms with Crippen LogP contribution in [0.4, 0.5) is 0 Å². The summed E-state index contributed by atoms with van der Waals surface area (Å²) in [5.74, 6) is 0.818. The van der Waals surface area contributed by atoms with Gasteiger partial charge in [-0.05, 0) is 30.3 Å². The average Bonchev–Trinajstić information content (AvgIpc) is 3.04. The van der Waals surface area contributed by atoms with E-state index in [9.17, 15) is 4.79 Å². The number of pyridine rings is 1. The van der Waals surface area contributed by atoms with Crippen LogP contribution in [-0.2, 0) is 7.05 Å². The van der Waals surface area contributed by atoms with Crippen LogP contribution in [0.5, 0.6) is 5.75 Å². The Kier molecular flexibility index (Phi) is 4.51. The van der Waals surface area contributed by atoms with Gasteiger partial charge in [0.25, 0.3) is 5.91 Å². The van der Waals surface area contributed by atoms with Gasteiger partial charge in [-0.3, -0.25) is 9.48 Å². The quantitative estimate of drug-likeness (QED) is 0.709. The van der Waals surface area contributed by atoms with Crippen LogP contribution in [-0.4, -0.2) is 44.8 Å². The zero-order chi connectivity index (χ0) is 18.1. The number of amides is 1. The summed E-state index contributed by atoms with van der Waals surface area (Å²) in [6.07, 6.45) is 5.07. The van der Waals surface area contributed by atoms with Crippen molar-refractivity contribution < 1.29 is 9.53 Å². The van der Waals surface area contributed by atoms with E-state index in [0.29, 0.717) is 23.7 Å². The summed E-state index contributed by atoms with van der Waals surface area (Å²) >= 11 is 5.89. The first-order valence-corrected chi connectivity index (χ1v) is 8.97. The van der Waals surface area contributed by atoms with Gasteiger partial charge in [-0.1, -0.05) is 11.6 Å². The summed E-state index contributed by atoms with van der Waals surface area (Å²) in [6.45, 7) is 1.34. The molecule has 0 spiro atoms. The lowest BCUT2D eigenvalue weighted by molar-refractivity contribution is 0.0595. The number of benzene rings is 1. The molecule has 1 aliphatic heterocycles. The van der Waals surface area contributed by atoms with Crippen LogP contribution in [0.3, 0.4) is 0 Å². The van der Waals surface area contributed by atoms with Crippen LogP contribution in [0.25, 0.3) is 11.0 Å². The Labute approximate surface area is 156 Å². The van der Waals surface area contributed by atoms with E-state index in [0.717, 1.165) is 29.6 Å². The number of halogens is 1. The molecular formula is C19H19ClN4O2. The third kappa shape index (κ3) is 3.37. The molecule has 0 N–H and O–H groups in total. The second-order valence-electron chi connectivity index (χ2n) is 6.47. The number of piperidine rings is 1. The fourth-order valence-corrected chi connectivity index (χ4v) is 3.35. The number of carbonyl (C=O) groups is 1. The fourth-order valence-electron chi connectivity index (χ4n) is 3.23. The monoisotopic (exact) mass is 370 g/mol. The lowest BCUT2D eigenvalue weighted by Gasteiger charge is -2.32. The molecule has 1 aliphatic rings. The first-order valence-electron chi connectivity index (χ1n) is 8.59. The number of hydrogen-bond acceptors (Lipinski definition) is 4. The number of aryl methyl sites for hydroxylation is 1. The van der Waals surface area contributed by atoms with Gasteiger partial charge in [-0.15, -0.1) is 0 Å². The Hall–Kier alpha value is -2.60. The minimum absolute atomic E-state index is 0.00759. The van der Waals surface area contributed by atoms with Gasteiger partial charge in [0.1, 0.15) is 11.9 Å². The third-order valence-corrected chi connectivity index (χ3v) is 4.92. The Balaban J connectivity index is 1.38. The summed E-state index contributed by atoms with van der Waals surface area (Å²) in [5, 5.41) is 5.73. The van der Waals surface area contributed by atoms with Gasteiger partial charge in [0, 0.05) is 49.6 Å². The Bertz CT molecular complexity index is 930. The van der Waals surface area contributed by atoms with Gasteiger partial charge in [0.05, 0.1) is 11.8 Å². The first-order chi connectivity index (χ1) is 12.6. The molecule has 134 valence electrons. The zero-order valence-corrected chi connectivity index (χ0v) is 15.2. The molecule has 6 nitrogen and oxygen atoms in total. The summed E-state index contributed by atoms with van der Waals surface area (Å²) in [6, 6.07) is 9.23. The number of rotatable bonds is 3. The number of hydrogen-bond donors (Lipinski definition) is 0. The van der Waals surface area contributed by atoms with Crippen molar-refractivity contribution in [2.45, 2.75) is 18.9 Å². The fraction of sp³-hybridized carbons (Fsp3) is 0.316. The van der Waals surface area contributed by atoms with Crippen LogP contribution in [0, 0.1) is 0 Å². The molecule has 1 amide bonds. The van der Waals surface area contributed by atoms with E-state index in [1.54, 1.807) is 17.1 Å². The van der Waals surface area contributed by atoms with Crippen molar-refractivity contribution in [3.05, 3.63) is 53.3 Å². The van der Waals surface area contributed by atoms with Crippen molar-refractivity contribution in [3.8, 4) is 5.75 Å². The summed E-state index contributed by atoms with van der Waals surface area (Å²) in [7, 11) is 1.84. The van der Waals surface area contributed by atoms with Crippen LogP contribution in [0.2, 0.25) is 5.02 Å². The largest absolute Gasteiger partial charge is 0.490 e. The molecule has 0 unspecified atom stereocenters. The van der Waals surface area contributed by atoms with E-state index in [1.807, 2.05) is 42.3 Å². The topological polar surface area (TPSA) is 60.2 Å². The highest BCUT2D eigenvalue weighted by atomic mass is 35.5. The van der Waals surface area contributed by atoms with Crippen molar-refractivity contribution in [1.82, 2.24) is 19.7 Å². The summed E-state index contributed by atoms with van der Waals surface area (Å²) in [5.41, 5.74) is 1.37. The molecule has 0 saturated carbocycles. The van der Waals surface area contributed by atoms with Crippen LogP contribution >= 0.6 is 11.6 Å². The number of aromatic nitrogens is 3. The van der Waals surface area contributed by atoms with E-state index in [-0.39, 0.29) is 12.0 Å². The van der Waals surface area contributed by atoms with Gasteiger partial charge in [0.2, 0.25) is 0 Å². The maximum absolute atomic E-state index is 12.8. The van der Waals surface area contributed by atoms with E-state index in [2.05, 4.69) is 10.1 Å². The molecule has 2 aromatic heterocycles. The summed E-state index contributed by atoms with van der Waals surface area (Å²) < 4.78 is 7.68. The first kappa shape index (κ1) is 16.8. The minimum Gasteiger partial charge on any atom is -0.490 e. The maximum Gasteiger partial charge on any atom is 0.255 e. The second-order valence-corrected chi connectivity index (χ2v) is 6.90. The van der Waals surface area contributed by atoms with Crippen LogP contribution < -0.4 is 4.74 Å². The summed E-state index contributed by atoms with van der Waals surface area (Å²) in [4.78, 5) is 19.0. The maximum atomic E-state index is 12.8. The third-order valence-electron chi connectivity index (χ3n) is 4.66. The normalized spacial score (nSPS) is 15.4. The molecule has 7 heteroatoms. The van der Waals surface area contributed by atoms with Crippen molar-refractivity contribution in [2.75, 3.05) is 13.1 Å². The predicted octanol–water partition coefficient (Wildman–Crippen LogP) is 3.31. The van der Waals surface area contributed by atoms with E-state index in [1.165, 1.54) is 0 Å². The highest BCUT2D eigenvalue weighted by Crippen LogP contribution is 2.22. The average molecular weight is 371 g/mol. The Morgan fingerprint density at radius 3 is 2.65 bits per heavy atom. The van der Waals surface area contributed by atoms with Gasteiger partial charge in [0.15, 0.2) is 5.65 Å². The lowest BCUT2D eigenvalue weighted by atomic mass is 10.1. The molecule has 26 heavy (non-hydrogen) atoms. The van der Waals surface area contributed by atoms with E-state index in [4.69, 9.17) is 16.3 Å². The highest BCUT2D eigenvalue weighted by Gasteiger charge is 2.25. The molecule has 1 fully saturated rings. The number of likely N-dealkylation sites (tertiary alicyclic amines) is 1. The van der Waals surface area contributed by atoms with Crippen molar-refractivity contribution in [2.24, 2.45) is 7.05 Å². The lowest BCUT2D eigenvalue weighted by Crippen LogP contribution is -2.41. The van der Waals surface area contributed by atoms with Crippen molar-refractivity contribution in [1.29, 1.82) is 0 Å². The molecule has 0 radical (unpaired) electrons. The van der Waals surface area contributed by atoms with Gasteiger partial charge in [-0.25, -0.2) is 4.98 Å². The molecule has 0 aliphatic carbocycles. The van der Waals surface area contributed by atoms with Crippen molar-refractivity contribution >= 4 is 28.5 Å². The molecule has 1 aromatic carbocycles. The standard InChI is InChI=1S/C19H19ClN4O2/c1-23-18-13(12-22-23)10-14(11-21-18)19(25)24-8-6-17(7-9-24)26-16-4-2-15(20)3-5-16/h2-5,10-12,17H,6-9H2,1H3. The predicted molar refractivity (Wildman–Crippen MR) is 99.5 cm³/mol. The highest BCUT2D eigenvalue weighted by molar-refractivity contribution is 6.30. The van der Waals surface area contributed by atoms with Crippen molar-refractivity contribution in [3.63, 3.8) is 0 Å². The molecule has 4 rings (SSSR count). The number of carbonyl (C=O) groups excluding carboxylic acids is 1. The van der Waals surface area contributed by atoms with Crippen LogP contribution in [0.1, 0.15) is 23.2 Å². The number of fused-ring (bicyclic) bond motifs is 1. The van der Waals surface area contributed by atoms with E-state index >= 15 is 0 Å². The molecule has 0 atom stereocenters. The van der Waals surface area contributed by atoms with Gasteiger partial charge in [-0.2, -0.15) is 5.10 Å². The zero-order valence-electron chi connectivity index (χ0n) is 14.4. The Morgan fingerprint density at radius 2 is 1.92 bits per heavy atom. The van der Waals surface area contributed by atoms with Crippen LogP contribution in [0.15, 0.2) is 42.7 Å².